The quantitative estimate of drug-likeness (QED) is 0.597. The highest BCUT2D eigenvalue weighted by atomic mass is 16.4. The fraction of sp³-hybridized carbons (Fsp3) is 0.167. The minimum atomic E-state index is -1.43. The van der Waals surface area contributed by atoms with E-state index in [0.29, 0.717) is 5.52 Å². The number of hydrogen-bond donors (Lipinski definition) is 2. The molecule has 82 valence electrons. The maximum Gasteiger partial charge on any atom is 0.377 e. The van der Waals surface area contributed by atoms with Crippen LogP contribution in [-0.4, -0.2) is 21.8 Å². The van der Waals surface area contributed by atoms with Crippen molar-refractivity contribution < 1.29 is 14.7 Å². The molecule has 0 atom stereocenters. The van der Waals surface area contributed by atoms with Crippen LogP contribution in [0.3, 0.4) is 0 Å². The summed E-state index contributed by atoms with van der Waals surface area (Å²) in [5, 5.41) is 9.60. The van der Waals surface area contributed by atoms with Gasteiger partial charge in [-0.2, -0.15) is 0 Å². The van der Waals surface area contributed by atoms with Gasteiger partial charge in [0.25, 0.3) is 5.78 Å². The first-order valence-electron chi connectivity index (χ1n) is 4.88. The van der Waals surface area contributed by atoms with Crippen molar-refractivity contribution in [3.8, 4) is 0 Å². The molecule has 0 unspecified atom stereocenters. The number of aromatic amines is 1. The third-order valence-electron chi connectivity index (χ3n) is 2.78. The van der Waals surface area contributed by atoms with Gasteiger partial charge in [0.1, 0.15) is 0 Å². The molecule has 1 heterocycles. The van der Waals surface area contributed by atoms with Gasteiger partial charge in [-0.25, -0.2) is 4.79 Å². The molecule has 4 heteroatoms. The van der Waals surface area contributed by atoms with Gasteiger partial charge in [-0.1, -0.05) is 12.1 Å². The van der Waals surface area contributed by atoms with Gasteiger partial charge in [0.2, 0.25) is 0 Å². The zero-order valence-electron chi connectivity index (χ0n) is 9.00. The summed E-state index contributed by atoms with van der Waals surface area (Å²) in [5.74, 6) is -2.32. The summed E-state index contributed by atoms with van der Waals surface area (Å²) in [5.41, 5.74) is 2.79. The van der Waals surface area contributed by atoms with Crippen LogP contribution in [0.2, 0.25) is 0 Å². The third kappa shape index (κ3) is 1.39. The summed E-state index contributed by atoms with van der Waals surface area (Å²) in [7, 11) is 0. The molecule has 0 fully saturated rings. The zero-order chi connectivity index (χ0) is 11.9. The summed E-state index contributed by atoms with van der Waals surface area (Å²) < 4.78 is 0. The first-order chi connectivity index (χ1) is 7.52. The second kappa shape index (κ2) is 3.48. The molecule has 2 N–H and O–H groups in total. The minimum absolute atomic E-state index is 0.209. The second-order valence-corrected chi connectivity index (χ2v) is 3.74. The van der Waals surface area contributed by atoms with Gasteiger partial charge in [-0.3, -0.25) is 4.79 Å². The van der Waals surface area contributed by atoms with Gasteiger partial charge in [0, 0.05) is 11.1 Å². The fourth-order valence-corrected chi connectivity index (χ4v) is 1.79. The first-order valence-corrected chi connectivity index (χ1v) is 4.88. The van der Waals surface area contributed by atoms with Crippen molar-refractivity contribution in [2.45, 2.75) is 13.8 Å². The van der Waals surface area contributed by atoms with Gasteiger partial charge in [0.15, 0.2) is 0 Å². The fourth-order valence-electron chi connectivity index (χ4n) is 1.79. The maximum atomic E-state index is 11.5. The predicted molar refractivity (Wildman–Crippen MR) is 59.7 cm³/mol. The lowest BCUT2D eigenvalue weighted by Crippen LogP contribution is -2.13. The Morgan fingerprint density at radius 3 is 2.56 bits per heavy atom. The number of ketones is 1. The van der Waals surface area contributed by atoms with Crippen LogP contribution in [0.15, 0.2) is 18.2 Å². The van der Waals surface area contributed by atoms with E-state index in [0.717, 1.165) is 16.6 Å². The first kappa shape index (κ1) is 10.4. The van der Waals surface area contributed by atoms with Crippen LogP contribution in [0.5, 0.6) is 0 Å². The number of carbonyl (C=O) groups excluding carboxylic acids is 1. The number of carboxylic acid groups (broad SMARTS) is 1. The molecule has 0 saturated heterocycles. The molecule has 1 aromatic carbocycles. The summed E-state index contributed by atoms with van der Waals surface area (Å²) in [4.78, 5) is 25.2. The van der Waals surface area contributed by atoms with Gasteiger partial charge in [0.05, 0.1) is 11.1 Å². The number of carbonyl (C=O) groups is 2. The van der Waals surface area contributed by atoms with E-state index in [4.69, 9.17) is 5.11 Å². The number of aliphatic carboxylic acids is 1. The molecule has 2 aromatic rings. The molecular weight excluding hydrogens is 206 g/mol. The van der Waals surface area contributed by atoms with E-state index >= 15 is 0 Å². The molecule has 16 heavy (non-hydrogen) atoms. The number of benzene rings is 1. The Morgan fingerprint density at radius 1 is 1.25 bits per heavy atom. The summed E-state index contributed by atoms with van der Waals surface area (Å²) in [6.07, 6.45) is 0. The lowest BCUT2D eigenvalue weighted by atomic mass is 10.1. The number of H-pyrrole nitrogens is 1. The van der Waals surface area contributed by atoms with Crippen molar-refractivity contribution in [3.63, 3.8) is 0 Å². The average Bonchev–Trinajstić information content (AvgIpc) is 2.54. The van der Waals surface area contributed by atoms with Crippen LogP contribution in [0.1, 0.15) is 21.6 Å². The number of aromatic nitrogens is 1. The van der Waals surface area contributed by atoms with E-state index < -0.39 is 11.8 Å². The molecule has 0 amide bonds. The van der Waals surface area contributed by atoms with Gasteiger partial charge < -0.3 is 10.1 Å². The van der Waals surface area contributed by atoms with Crippen molar-refractivity contribution in [1.29, 1.82) is 0 Å². The van der Waals surface area contributed by atoms with E-state index in [1.807, 2.05) is 19.9 Å². The predicted octanol–water partition coefficient (Wildman–Crippen LogP) is 2.05. The Kier molecular flexibility index (Phi) is 2.27. The van der Waals surface area contributed by atoms with E-state index in [-0.39, 0.29) is 5.56 Å². The van der Waals surface area contributed by atoms with Crippen LogP contribution in [0, 0.1) is 13.8 Å². The largest absolute Gasteiger partial charge is 0.475 e. The van der Waals surface area contributed by atoms with E-state index in [2.05, 4.69) is 4.98 Å². The molecule has 0 aliphatic rings. The number of fused-ring (bicyclic) bond motifs is 1. The molecule has 0 spiro atoms. The van der Waals surface area contributed by atoms with Gasteiger partial charge >= 0.3 is 5.97 Å². The number of aryl methyl sites for hydroxylation is 2. The molecular formula is C12H11NO3. The molecule has 0 bridgehead atoms. The van der Waals surface area contributed by atoms with Crippen LogP contribution in [-0.2, 0) is 4.79 Å². The highest BCUT2D eigenvalue weighted by Gasteiger charge is 2.19. The highest BCUT2D eigenvalue weighted by molar-refractivity contribution is 6.42. The molecule has 4 nitrogen and oxygen atoms in total. The smallest absolute Gasteiger partial charge is 0.377 e. The Hall–Kier alpha value is -2.10. The van der Waals surface area contributed by atoms with Crippen LogP contribution >= 0.6 is 0 Å². The Balaban J connectivity index is 2.77. The van der Waals surface area contributed by atoms with Crippen molar-refractivity contribution in [1.82, 2.24) is 4.98 Å². The Bertz CT molecular complexity index is 596. The van der Waals surface area contributed by atoms with Crippen molar-refractivity contribution in [2.75, 3.05) is 0 Å². The zero-order valence-corrected chi connectivity index (χ0v) is 9.00. The number of para-hydroxylation sites is 1. The second-order valence-electron chi connectivity index (χ2n) is 3.74. The molecule has 0 aliphatic carbocycles. The molecule has 2 rings (SSSR count). The third-order valence-corrected chi connectivity index (χ3v) is 2.78. The monoisotopic (exact) mass is 217 g/mol. The van der Waals surface area contributed by atoms with Crippen LogP contribution in [0.25, 0.3) is 10.9 Å². The average molecular weight is 217 g/mol. The lowest BCUT2D eigenvalue weighted by molar-refractivity contribution is -0.131. The van der Waals surface area contributed by atoms with E-state index in [1.54, 1.807) is 6.07 Å². The number of nitrogens with one attached hydrogen (secondary N) is 1. The normalized spacial score (nSPS) is 10.6. The number of rotatable bonds is 2. The highest BCUT2D eigenvalue weighted by Crippen LogP contribution is 2.24. The number of hydrogen-bond acceptors (Lipinski definition) is 2. The number of Topliss-reactive ketones (excluding diaryl/α,β-unsaturated/α-hetero) is 1. The van der Waals surface area contributed by atoms with Gasteiger partial charge in [-0.15, -0.1) is 0 Å². The molecule has 0 saturated carbocycles. The molecule has 0 radical (unpaired) electrons. The van der Waals surface area contributed by atoms with E-state index in [9.17, 15) is 9.59 Å². The summed E-state index contributed by atoms with van der Waals surface area (Å²) in [6, 6.07) is 5.08. The molecule has 1 aromatic heterocycles. The maximum absolute atomic E-state index is 11.5. The van der Waals surface area contributed by atoms with Crippen molar-refractivity contribution in [2.24, 2.45) is 0 Å². The van der Waals surface area contributed by atoms with Gasteiger partial charge in [-0.05, 0) is 25.5 Å². The summed E-state index contributed by atoms with van der Waals surface area (Å²) in [6.45, 7) is 3.83. The minimum Gasteiger partial charge on any atom is -0.475 e. The standard InChI is InChI=1S/C12H11NO3/c1-6-7(2)13-10-8(6)4-3-5-9(10)11(14)12(15)16/h3-5,13H,1-2H3,(H,15,16). The summed E-state index contributed by atoms with van der Waals surface area (Å²) >= 11 is 0. The Labute approximate surface area is 91.9 Å². The SMILES string of the molecule is Cc1[nH]c2c(C(=O)C(=O)O)cccc2c1C. The Morgan fingerprint density at radius 2 is 1.94 bits per heavy atom. The molecule has 0 aliphatic heterocycles. The van der Waals surface area contributed by atoms with Crippen molar-refractivity contribution in [3.05, 3.63) is 35.0 Å². The van der Waals surface area contributed by atoms with E-state index in [1.165, 1.54) is 6.07 Å². The topological polar surface area (TPSA) is 70.2 Å². The van der Waals surface area contributed by atoms with Crippen molar-refractivity contribution >= 4 is 22.7 Å². The lowest BCUT2D eigenvalue weighted by Gasteiger charge is -1.98. The van der Waals surface area contributed by atoms with Crippen LogP contribution < -0.4 is 0 Å². The number of carboxylic acids is 1. The van der Waals surface area contributed by atoms with Crippen LogP contribution in [0.4, 0.5) is 0 Å².